The van der Waals surface area contributed by atoms with E-state index in [9.17, 15) is 0 Å². The lowest BCUT2D eigenvalue weighted by molar-refractivity contribution is 0.164. The Morgan fingerprint density at radius 3 is 2.76 bits per heavy atom. The minimum Gasteiger partial charge on any atom is -0.352 e. The van der Waals surface area contributed by atoms with Gasteiger partial charge in [-0.3, -0.25) is 4.90 Å². The summed E-state index contributed by atoms with van der Waals surface area (Å²) in [6.45, 7) is 9.85. The van der Waals surface area contributed by atoms with Crippen LogP contribution >= 0.6 is 0 Å². The Kier molecular flexibility index (Phi) is 4.12. The number of hydrogen-bond donors (Lipinski definition) is 0. The summed E-state index contributed by atoms with van der Waals surface area (Å²) < 4.78 is 7.30. The van der Waals surface area contributed by atoms with E-state index >= 15 is 0 Å². The normalized spacial score (nSPS) is 17.3. The highest BCUT2D eigenvalue weighted by Gasteiger charge is 2.27. The standard InChI is InChI=1S/C17H23N7O/c1-4-15-19-17(25-21-15)13(3)22-7-9-23(10-8-22)16-14-11-12(2)20-24(14)6-5-18-16/h5-6,11,13H,4,7-10H2,1-3H3. The van der Waals surface area contributed by atoms with Crippen LogP contribution in [0.25, 0.3) is 5.52 Å². The van der Waals surface area contributed by atoms with Crippen molar-refractivity contribution in [2.24, 2.45) is 0 Å². The maximum absolute atomic E-state index is 5.40. The summed E-state index contributed by atoms with van der Waals surface area (Å²) in [7, 11) is 0. The number of aryl methyl sites for hydroxylation is 2. The predicted molar refractivity (Wildman–Crippen MR) is 93.6 cm³/mol. The smallest absolute Gasteiger partial charge is 0.243 e. The van der Waals surface area contributed by atoms with E-state index in [1.165, 1.54) is 0 Å². The Bertz CT molecular complexity index is 863. The van der Waals surface area contributed by atoms with Crippen LogP contribution in [-0.4, -0.2) is 55.8 Å². The molecular formula is C17H23N7O. The van der Waals surface area contributed by atoms with Gasteiger partial charge >= 0.3 is 0 Å². The molecule has 1 unspecified atom stereocenters. The third-order valence-corrected chi connectivity index (χ3v) is 4.81. The maximum Gasteiger partial charge on any atom is 0.243 e. The van der Waals surface area contributed by atoms with Crippen molar-refractivity contribution in [3.05, 3.63) is 35.9 Å². The summed E-state index contributed by atoms with van der Waals surface area (Å²) in [6.07, 6.45) is 4.50. The molecule has 3 aromatic rings. The molecule has 4 rings (SSSR count). The number of fused-ring (bicyclic) bond motifs is 1. The molecule has 4 heterocycles. The highest BCUT2D eigenvalue weighted by molar-refractivity contribution is 5.69. The molecule has 0 radical (unpaired) electrons. The van der Waals surface area contributed by atoms with E-state index in [4.69, 9.17) is 4.52 Å². The predicted octanol–water partition coefficient (Wildman–Crippen LogP) is 1.87. The van der Waals surface area contributed by atoms with Gasteiger partial charge in [0.25, 0.3) is 0 Å². The molecule has 0 aromatic carbocycles. The van der Waals surface area contributed by atoms with Crippen LogP contribution in [0.1, 0.15) is 37.3 Å². The highest BCUT2D eigenvalue weighted by atomic mass is 16.5. The Morgan fingerprint density at radius 2 is 2.04 bits per heavy atom. The molecule has 8 nitrogen and oxygen atoms in total. The zero-order valence-electron chi connectivity index (χ0n) is 14.9. The SMILES string of the molecule is CCc1noc(C(C)N2CCN(c3nccn4nc(C)cc34)CC2)n1. The van der Waals surface area contributed by atoms with Gasteiger partial charge in [0.15, 0.2) is 11.6 Å². The van der Waals surface area contributed by atoms with Gasteiger partial charge in [0.2, 0.25) is 5.89 Å². The minimum absolute atomic E-state index is 0.135. The summed E-state index contributed by atoms with van der Waals surface area (Å²) >= 11 is 0. The zero-order valence-corrected chi connectivity index (χ0v) is 14.9. The van der Waals surface area contributed by atoms with Crippen LogP contribution in [0.15, 0.2) is 23.0 Å². The van der Waals surface area contributed by atoms with Gasteiger partial charge in [0, 0.05) is 45.0 Å². The topological polar surface area (TPSA) is 75.6 Å². The molecule has 0 amide bonds. The maximum atomic E-state index is 5.40. The third-order valence-electron chi connectivity index (χ3n) is 4.81. The van der Waals surface area contributed by atoms with Gasteiger partial charge in [0.1, 0.15) is 5.52 Å². The number of anilines is 1. The average molecular weight is 341 g/mol. The fourth-order valence-electron chi connectivity index (χ4n) is 3.33. The molecule has 1 fully saturated rings. The average Bonchev–Trinajstić information content (AvgIpc) is 3.26. The third kappa shape index (κ3) is 2.97. The molecule has 0 aliphatic carbocycles. The number of hydrogen-bond acceptors (Lipinski definition) is 7. The van der Waals surface area contributed by atoms with Crippen molar-refractivity contribution in [2.75, 3.05) is 31.1 Å². The Hall–Kier alpha value is -2.48. The van der Waals surface area contributed by atoms with Crippen molar-refractivity contribution in [1.82, 2.24) is 29.6 Å². The van der Waals surface area contributed by atoms with Gasteiger partial charge in [-0.15, -0.1) is 0 Å². The zero-order chi connectivity index (χ0) is 17.4. The first-order valence-electron chi connectivity index (χ1n) is 8.78. The van der Waals surface area contributed by atoms with Gasteiger partial charge < -0.3 is 9.42 Å². The van der Waals surface area contributed by atoms with E-state index in [-0.39, 0.29) is 6.04 Å². The van der Waals surface area contributed by atoms with E-state index in [0.29, 0.717) is 5.89 Å². The van der Waals surface area contributed by atoms with E-state index in [2.05, 4.69) is 43.0 Å². The van der Waals surface area contributed by atoms with Gasteiger partial charge in [-0.25, -0.2) is 9.50 Å². The largest absolute Gasteiger partial charge is 0.352 e. The molecule has 0 saturated carbocycles. The first kappa shape index (κ1) is 16.0. The van der Waals surface area contributed by atoms with Gasteiger partial charge in [-0.05, 0) is 19.9 Å². The first-order valence-corrected chi connectivity index (χ1v) is 8.78. The van der Waals surface area contributed by atoms with Crippen LogP contribution in [0.4, 0.5) is 5.82 Å². The molecule has 0 bridgehead atoms. The molecule has 25 heavy (non-hydrogen) atoms. The van der Waals surface area contributed by atoms with E-state index in [1.54, 1.807) is 0 Å². The monoisotopic (exact) mass is 341 g/mol. The molecule has 1 atom stereocenters. The van der Waals surface area contributed by atoms with Crippen molar-refractivity contribution >= 4 is 11.3 Å². The highest BCUT2D eigenvalue weighted by Crippen LogP contribution is 2.24. The fourth-order valence-corrected chi connectivity index (χ4v) is 3.33. The summed E-state index contributed by atoms with van der Waals surface area (Å²) in [5, 5.41) is 8.48. The van der Waals surface area contributed by atoms with Crippen molar-refractivity contribution in [3.63, 3.8) is 0 Å². The van der Waals surface area contributed by atoms with Crippen LogP contribution in [0.3, 0.4) is 0 Å². The van der Waals surface area contributed by atoms with Crippen molar-refractivity contribution in [2.45, 2.75) is 33.2 Å². The van der Waals surface area contributed by atoms with Crippen LogP contribution in [0, 0.1) is 6.92 Å². The van der Waals surface area contributed by atoms with Crippen LogP contribution in [0.2, 0.25) is 0 Å². The van der Waals surface area contributed by atoms with E-state index in [0.717, 1.165) is 55.5 Å². The second-order valence-electron chi connectivity index (χ2n) is 6.47. The summed E-state index contributed by atoms with van der Waals surface area (Å²) in [5.41, 5.74) is 2.07. The molecule has 132 valence electrons. The van der Waals surface area contributed by atoms with Gasteiger partial charge in [0.05, 0.1) is 11.7 Å². The first-order chi connectivity index (χ1) is 12.2. The molecule has 0 spiro atoms. The second-order valence-corrected chi connectivity index (χ2v) is 6.47. The van der Waals surface area contributed by atoms with Crippen molar-refractivity contribution < 1.29 is 4.52 Å². The summed E-state index contributed by atoms with van der Waals surface area (Å²) in [6, 6.07) is 2.22. The molecular weight excluding hydrogens is 318 g/mol. The van der Waals surface area contributed by atoms with Crippen LogP contribution < -0.4 is 4.90 Å². The summed E-state index contributed by atoms with van der Waals surface area (Å²) in [4.78, 5) is 13.8. The lowest BCUT2D eigenvalue weighted by atomic mass is 10.2. The number of piperazine rings is 1. The second kappa shape index (κ2) is 6.44. The quantitative estimate of drug-likeness (QED) is 0.717. The molecule has 1 aliphatic rings. The molecule has 1 aliphatic heterocycles. The Balaban J connectivity index is 1.47. The Labute approximate surface area is 146 Å². The van der Waals surface area contributed by atoms with E-state index < -0.39 is 0 Å². The number of aromatic nitrogens is 5. The fraction of sp³-hybridized carbons (Fsp3) is 0.529. The number of rotatable bonds is 4. The van der Waals surface area contributed by atoms with Gasteiger partial charge in [-0.2, -0.15) is 10.1 Å². The minimum atomic E-state index is 0.135. The van der Waals surface area contributed by atoms with Crippen molar-refractivity contribution in [3.8, 4) is 0 Å². The lowest BCUT2D eigenvalue weighted by Crippen LogP contribution is -2.47. The molecule has 0 N–H and O–H groups in total. The molecule has 3 aromatic heterocycles. The van der Waals surface area contributed by atoms with E-state index in [1.807, 2.05) is 30.8 Å². The van der Waals surface area contributed by atoms with Crippen LogP contribution in [0.5, 0.6) is 0 Å². The van der Waals surface area contributed by atoms with Gasteiger partial charge in [-0.1, -0.05) is 12.1 Å². The molecule has 1 saturated heterocycles. The number of nitrogens with zero attached hydrogens (tertiary/aromatic N) is 7. The summed E-state index contributed by atoms with van der Waals surface area (Å²) in [5.74, 6) is 2.48. The molecule has 8 heteroatoms. The van der Waals surface area contributed by atoms with Crippen molar-refractivity contribution in [1.29, 1.82) is 0 Å². The Morgan fingerprint density at radius 1 is 1.24 bits per heavy atom. The lowest BCUT2D eigenvalue weighted by Gasteiger charge is -2.37. The van der Waals surface area contributed by atoms with Crippen LogP contribution in [-0.2, 0) is 6.42 Å².